The van der Waals surface area contributed by atoms with Crippen LogP contribution >= 0.6 is 0 Å². The van der Waals surface area contributed by atoms with E-state index in [2.05, 4.69) is 5.32 Å². The molecule has 0 saturated carbocycles. The summed E-state index contributed by atoms with van der Waals surface area (Å²) >= 11 is 0. The first kappa shape index (κ1) is 22.3. The number of piperidine rings is 1. The number of hydrogen-bond acceptors (Lipinski definition) is 3. The molecule has 2 aromatic rings. The van der Waals surface area contributed by atoms with Crippen molar-refractivity contribution in [2.75, 3.05) is 13.1 Å². The highest BCUT2D eigenvalue weighted by atomic mass is 19.4. The Bertz CT molecular complexity index is 991. The maximum Gasteiger partial charge on any atom is 0.416 e. The Labute approximate surface area is 176 Å². The molecule has 2 aromatic carbocycles. The van der Waals surface area contributed by atoms with Crippen molar-refractivity contribution in [2.45, 2.75) is 25.1 Å². The highest BCUT2D eigenvalue weighted by Gasteiger charge is 2.32. The van der Waals surface area contributed by atoms with E-state index in [1.54, 1.807) is 6.07 Å². The molecule has 5 nitrogen and oxygen atoms in total. The number of likely N-dealkylation sites (tertiary alicyclic amines) is 1. The Hall–Kier alpha value is -3.41. The van der Waals surface area contributed by atoms with Gasteiger partial charge in [0.25, 0.3) is 5.91 Å². The molecule has 1 N–H and O–H groups in total. The molecule has 0 radical (unpaired) electrons. The van der Waals surface area contributed by atoms with Crippen molar-refractivity contribution in [2.24, 2.45) is 5.92 Å². The second-order valence-electron chi connectivity index (χ2n) is 7.23. The number of nitrogens with zero attached hydrogens (tertiary/aromatic N) is 2. The van der Waals surface area contributed by atoms with Crippen LogP contribution in [0.5, 0.6) is 0 Å². The molecule has 1 unspecified atom stereocenters. The summed E-state index contributed by atoms with van der Waals surface area (Å²) in [6.45, 7) is 0.490. The number of amides is 2. The zero-order chi connectivity index (χ0) is 22.6. The molecular weight excluding hydrogens is 414 g/mol. The van der Waals surface area contributed by atoms with Gasteiger partial charge in [0.15, 0.2) is 0 Å². The number of carbonyl (C=O) groups is 2. The van der Waals surface area contributed by atoms with E-state index in [-0.39, 0.29) is 24.2 Å². The summed E-state index contributed by atoms with van der Waals surface area (Å²) in [7, 11) is 0. The smallest absolute Gasteiger partial charge is 0.339 e. The Morgan fingerprint density at radius 2 is 1.68 bits per heavy atom. The molecule has 0 aliphatic carbocycles. The van der Waals surface area contributed by atoms with Gasteiger partial charge in [-0.2, -0.15) is 18.4 Å². The fourth-order valence-electron chi connectivity index (χ4n) is 3.48. The van der Waals surface area contributed by atoms with Crippen LogP contribution in [-0.4, -0.2) is 29.8 Å². The maximum absolute atomic E-state index is 13.9. The fourth-order valence-corrected chi connectivity index (χ4v) is 3.48. The summed E-state index contributed by atoms with van der Waals surface area (Å²) in [5, 5.41) is 11.8. The molecular formula is C22H19F4N3O2. The van der Waals surface area contributed by atoms with Crippen molar-refractivity contribution in [1.29, 1.82) is 5.26 Å². The van der Waals surface area contributed by atoms with E-state index >= 15 is 0 Å². The number of hydrogen-bond donors (Lipinski definition) is 1. The predicted octanol–water partition coefficient (Wildman–Crippen LogP) is 4.08. The van der Waals surface area contributed by atoms with Crippen LogP contribution in [0.3, 0.4) is 0 Å². The zero-order valence-corrected chi connectivity index (χ0v) is 16.3. The maximum atomic E-state index is 13.9. The number of nitriles is 1. The Balaban J connectivity index is 1.57. The summed E-state index contributed by atoms with van der Waals surface area (Å²) in [4.78, 5) is 26.6. The minimum atomic E-state index is -4.47. The van der Waals surface area contributed by atoms with Gasteiger partial charge in [0.05, 0.1) is 11.6 Å². The first-order chi connectivity index (χ1) is 14.7. The lowest BCUT2D eigenvalue weighted by atomic mass is 9.94. The molecule has 31 heavy (non-hydrogen) atoms. The number of benzene rings is 2. The van der Waals surface area contributed by atoms with Crippen molar-refractivity contribution < 1.29 is 27.2 Å². The van der Waals surface area contributed by atoms with Gasteiger partial charge >= 0.3 is 6.18 Å². The highest BCUT2D eigenvalue weighted by molar-refractivity contribution is 5.94. The molecule has 1 aliphatic heterocycles. The topological polar surface area (TPSA) is 73.2 Å². The number of carbonyl (C=O) groups excluding carboxylic acids is 2. The van der Waals surface area contributed by atoms with E-state index in [1.165, 1.54) is 23.1 Å². The van der Waals surface area contributed by atoms with Gasteiger partial charge in [-0.25, -0.2) is 4.39 Å². The van der Waals surface area contributed by atoms with Crippen LogP contribution in [0, 0.1) is 23.1 Å². The average Bonchev–Trinajstić information content (AvgIpc) is 2.77. The Morgan fingerprint density at radius 3 is 2.23 bits per heavy atom. The zero-order valence-electron chi connectivity index (χ0n) is 16.3. The van der Waals surface area contributed by atoms with Gasteiger partial charge in [-0.15, -0.1) is 0 Å². The van der Waals surface area contributed by atoms with Gasteiger partial charge in [-0.1, -0.05) is 18.2 Å². The van der Waals surface area contributed by atoms with Gasteiger partial charge in [-0.3, -0.25) is 9.59 Å². The predicted molar refractivity (Wildman–Crippen MR) is 103 cm³/mol. The van der Waals surface area contributed by atoms with Crippen LogP contribution in [0.1, 0.15) is 40.4 Å². The lowest BCUT2D eigenvalue weighted by molar-refractivity contribution is -0.137. The third kappa shape index (κ3) is 5.20. The summed E-state index contributed by atoms with van der Waals surface area (Å²) in [5.41, 5.74) is -0.616. The molecule has 1 aliphatic rings. The van der Waals surface area contributed by atoms with Crippen LogP contribution in [0.4, 0.5) is 17.6 Å². The molecule has 2 amide bonds. The molecule has 0 spiro atoms. The normalized spacial score (nSPS) is 15.8. The van der Waals surface area contributed by atoms with Gasteiger partial charge in [0.1, 0.15) is 11.9 Å². The van der Waals surface area contributed by atoms with Gasteiger partial charge in [-0.05, 0) is 43.2 Å². The average molecular weight is 433 g/mol. The second kappa shape index (κ2) is 9.16. The quantitative estimate of drug-likeness (QED) is 0.739. The molecule has 3 rings (SSSR count). The highest BCUT2D eigenvalue weighted by Crippen LogP contribution is 2.29. The SMILES string of the molecule is N#CC(NC(=O)C1CCN(C(=O)c2ccc(C(F)(F)F)cc2)CC1)c1ccccc1F. The largest absolute Gasteiger partial charge is 0.416 e. The van der Waals surface area contributed by atoms with E-state index in [0.29, 0.717) is 12.8 Å². The number of rotatable bonds is 4. The Morgan fingerprint density at radius 1 is 1.06 bits per heavy atom. The number of alkyl halides is 3. The summed E-state index contributed by atoms with van der Waals surface area (Å²) in [6.07, 6.45) is -3.82. The first-order valence-corrected chi connectivity index (χ1v) is 9.61. The molecule has 0 bridgehead atoms. The van der Waals surface area contributed by atoms with E-state index < -0.39 is 41.3 Å². The van der Waals surface area contributed by atoms with Crippen LogP contribution in [0.25, 0.3) is 0 Å². The van der Waals surface area contributed by atoms with Crippen molar-refractivity contribution in [1.82, 2.24) is 10.2 Å². The minimum absolute atomic E-state index is 0.0771. The van der Waals surface area contributed by atoms with Gasteiger partial charge < -0.3 is 10.2 Å². The molecule has 162 valence electrons. The molecule has 1 atom stereocenters. The summed E-state index contributed by atoms with van der Waals surface area (Å²) < 4.78 is 51.9. The van der Waals surface area contributed by atoms with Crippen molar-refractivity contribution in [3.05, 3.63) is 71.0 Å². The summed E-state index contributed by atoms with van der Waals surface area (Å²) in [5.74, 6) is -1.86. The molecule has 9 heteroatoms. The van der Waals surface area contributed by atoms with Crippen molar-refractivity contribution >= 4 is 11.8 Å². The number of nitrogens with one attached hydrogen (secondary N) is 1. The van der Waals surface area contributed by atoms with E-state index in [1.807, 2.05) is 6.07 Å². The standard InChI is InChI=1S/C22H19F4N3O2/c23-18-4-2-1-3-17(18)19(13-27)28-20(30)14-9-11-29(12-10-14)21(31)15-5-7-16(8-6-15)22(24,25)26/h1-8,14,19H,9-12H2,(H,28,30). The first-order valence-electron chi connectivity index (χ1n) is 9.61. The van der Waals surface area contributed by atoms with E-state index in [0.717, 1.165) is 24.3 Å². The third-order valence-corrected chi connectivity index (χ3v) is 5.24. The van der Waals surface area contributed by atoms with Crippen LogP contribution in [0.15, 0.2) is 48.5 Å². The van der Waals surface area contributed by atoms with Gasteiger partial charge in [0.2, 0.25) is 5.91 Å². The van der Waals surface area contributed by atoms with E-state index in [9.17, 15) is 32.4 Å². The minimum Gasteiger partial charge on any atom is -0.339 e. The molecule has 0 aromatic heterocycles. The lowest BCUT2D eigenvalue weighted by Gasteiger charge is -2.32. The lowest BCUT2D eigenvalue weighted by Crippen LogP contribution is -2.43. The summed E-state index contributed by atoms with van der Waals surface area (Å²) in [6, 6.07) is 10.4. The van der Waals surface area contributed by atoms with Crippen molar-refractivity contribution in [3.63, 3.8) is 0 Å². The second-order valence-corrected chi connectivity index (χ2v) is 7.23. The van der Waals surface area contributed by atoms with Crippen LogP contribution in [0.2, 0.25) is 0 Å². The van der Waals surface area contributed by atoms with Gasteiger partial charge in [0, 0.05) is 30.1 Å². The van der Waals surface area contributed by atoms with Crippen LogP contribution in [-0.2, 0) is 11.0 Å². The van der Waals surface area contributed by atoms with E-state index in [4.69, 9.17) is 0 Å². The third-order valence-electron chi connectivity index (χ3n) is 5.24. The van der Waals surface area contributed by atoms with Crippen molar-refractivity contribution in [3.8, 4) is 6.07 Å². The number of halogens is 4. The molecule has 1 heterocycles. The Kier molecular flexibility index (Phi) is 6.59. The molecule has 1 saturated heterocycles. The monoisotopic (exact) mass is 433 g/mol. The molecule has 1 fully saturated rings. The van der Waals surface area contributed by atoms with Crippen LogP contribution < -0.4 is 5.32 Å². The fraction of sp³-hybridized carbons (Fsp3) is 0.318.